The smallest absolute Gasteiger partial charge is 0.229 e. The van der Waals surface area contributed by atoms with Crippen LogP contribution in [0, 0.1) is 17.3 Å². The number of ether oxygens (including phenoxy) is 2. The number of para-hydroxylation sites is 1. The van der Waals surface area contributed by atoms with Gasteiger partial charge in [-0.25, -0.2) is 0 Å². The third-order valence-electron chi connectivity index (χ3n) is 6.16. The summed E-state index contributed by atoms with van der Waals surface area (Å²) in [6.07, 6.45) is 0.586. The highest BCUT2D eigenvalue weighted by Gasteiger charge is 2.73. The van der Waals surface area contributed by atoms with Crippen molar-refractivity contribution in [2.75, 3.05) is 26.1 Å². The van der Waals surface area contributed by atoms with Crippen molar-refractivity contribution in [3.63, 3.8) is 0 Å². The second-order valence-electron chi connectivity index (χ2n) is 7.83. The van der Waals surface area contributed by atoms with Crippen molar-refractivity contribution in [1.82, 2.24) is 5.32 Å². The number of benzene rings is 2. The predicted octanol–water partition coefficient (Wildman–Crippen LogP) is 2.45. The molecular formula is C23H24N2O5. The van der Waals surface area contributed by atoms with Gasteiger partial charge < -0.3 is 20.1 Å². The summed E-state index contributed by atoms with van der Waals surface area (Å²) >= 11 is 0. The van der Waals surface area contributed by atoms with Gasteiger partial charge in [0.2, 0.25) is 11.8 Å². The molecule has 7 nitrogen and oxygen atoms in total. The van der Waals surface area contributed by atoms with Crippen LogP contribution in [0.3, 0.4) is 0 Å². The molecule has 1 heterocycles. The molecule has 7 heteroatoms. The zero-order valence-electron chi connectivity index (χ0n) is 17.2. The number of nitrogens with one attached hydrogen (secondary N) is 2. The Bertz CT molecular complexity index is 1030. The van der Waals surface area contributed by atoms with E-state index in [1.54, 1.807) is 45.4 Å². The number of fused-ring (bicyclic) bond motifs is 2. The fraction of sp³-hybridized carbons (Fsp3) is 0.348. The summed E-state index contributed by atoms with van der Waals surface area (Å²) in [6.45, 7) is 2.10. The first kappa shape index (κ1) is 19.9. The van der Waals surface area contributed by atoms with Crippen molar-refractivity contribution >= 4 is 23.3 Å². The number of rotatable bonds is 6. The van der Waals surface area contributed by atoms with Gasteiger partial charge in [-0.2, -0.15) is 0 Å². The van der Waals surface area contributed by atoms with Gasteiger partial charge in [0.1, 0.15) is 0 Å². The number of hydrogen-bond donors (Lipinski definition) is 2. The summed E-state index contributed by atoms with van der Waals surface area (Å²) < 4.78 is 10.5. The standard InChI is InChI=1S/C23H24N2O5/c1-23-18(19(23)22(28)25-15-7-5-4-6-14(15)20(23)26)21(27)24-11-10-13-8-9-16(29-2)17(12-13)30-3/h4-9,12,18-19H,10-11H2,1-3H3,(H,24,27)(H,25,28)/t18-,19+,23+/m0/s1. The van der Waals surface area contributed by atoms with E-state index >= 15 is 0 Å². The summed E-state index contributed by atoms with van der Waals surface area (Å²) in [6, 6.07) is 12.5. The van der Waals surface area contributed by atoms with E-state index in [1.807, 2.05) is 18.2 Å². The van der Waals surface area contributed by atoms with Gasteiger partial charge in [-0.15, -0.1) is 0 Å². The van der Waals surface area contributed by atoms with Crippen LogP contribution in [-0.4, -0.2) is 38.4 Å². The molecule has 0 unspecified atom stereocenters. The maximum atomic E-state index is 13.1. The zero-order chi connectivity index (χ0) is 21.5. The third-order valence-corrected chi connectivity index (χ3v) is 6.16. The zero-order valence-corrected chi connectivity index (χ0v) is 17.2. The molecule has 2 aromatic rings. The Morgan fingerprint density at radius 1 is 1.10 bits per heavy atom. The molecule has 1 aliphatic heterocycles. The summed E-state index contributed by atoms with van der Waals surface area (Å²) in [5, 5.41) is 5.68. The average Bonchev–Trinajstić information content (AvgIpc) is 3.41. The van der Waals surface area contributed by atoms with Crippen LogP contribution in [0.4, 0.5) is 5.69 Å². The molecule has 0 aromatic heterocycles. The lowest BCUT2D eigenvalue weighted by Crippen LogP contribution is -2.31. The molecule has 1 aliphatic carbocycles. The summed E-state index contributed by atoms with van der Waals surface area (Å²) in [7, 11) is 3.15. The van der Waals surface area contributed by atoms with Gasteiger partial charge in [-0.1, -0.05) is 25.1 Å². The van der Waals surface area contributed by atoms with Crippen molar-refractivity contribution in [3.05, 3.63) is 53.6 Å². The second kappa shape index (κ2) is 7.48. The number of ketones is 1. The first-order chi connectivity index (χ1) is 14.4. The van der Waals surface area contributed by atoms with Crippen molar-refractivity contribution in [3.8, 4) is 11.5 Å². The molecule has 3 atom stereocenters. The van der Waals surface area contributed by atoms with E-state index in [4.69, 9.17) is 9.47 Å². The Morgan fingerprint density at radius 3 is 2.57 bits per heavy atom. The highest BCUT2D eigenvalue weighted by atomic mass is 16.5. The van der Waals surface area contributed by atoms with Gasteiger partial charge >= 0.3 is 0 Å². The SMILES string of the molecule is COc1ccc(CCNC(=O)[C@@H]2[C@@H]3C(=O)Nc4ccccc4C(=O)[C@]23C)cc1OC. The summed E-state index contributed by atoms with van der Waals surface area (Å²) in [5.74, 6) is -0.772. The first-order valence-electron chi connectivity index (χ1n) is 9.85. The molecule has 1 saturated carbocycles. The minimum Gasteiger partial charge on any atom is -0.493 e. The third kappa shape index (κ3) is 3.10. The predicted molar refractivity (Wildman–Crippen MR) is 111 cm³/mol. The quantitative estimate of drug-likeness (QED) is 0.766. The fourth-order valence-corrected chi connectivity index (χ4v) is 4.41. The van der Waals surface area contributed by atoms with Crippen LogP contribution < -0.4 is 20.1 Å². The molecule has 4 rings (SSSR count). The van der Waals surface area contributed by atoms with Crippen molar-refractivity contribution in [1.29, 1.82) is 0 Å². The molecule has 0 bridgehead atoms. The molecule has 2 amide bonds. The Labute approximate surface area is 174 Å². The van der Waals surface area contributed by atoms with E-state index in [-0.39, 0.29) is 17.6 Å². The molecule has 0 radical (unpaired) electrons. The molecule has 2 aliphatic rings. The highest BCUT2D eigenvalue weighted by molar-refractivity contribution is 6.19. The van der Waals surface area contributed by atoms with Crippen LogP contribution in [-0.2, 0) is 16.0 Å². The van der Waals surface area contributed by atoms with Crippen LogP contribution >= 0.6 is 0 Å². The topological polar surface area (TPSA) is 93.7 Å². The number of carbonyl (C=O) groups excluding carboxylic acids is 3. The molecule has 2 N–H and O–H groups in total. The molecule has 0 spiro atoms. The van der Waals surface area contributed by atoms with Gasteiger partial charge in [-0.05, 0) is 36.2 Å². The average molecular weight is 408 g/mol. The number of amides is 2. The van der Waals surface area contributed by atoms with Crippen LogP contribution in [0.1, 0.15) is 22.8 Å². The number of methoxy groups -OCH3 is 2. The molecule has 156 valence electrons. The molecular weight excluding hydrogens is 384 g/mol. The van der Waals surface area contributed by atoms with E-state index in [9.17, 15) is 14.4 Å². The van der Waals surface area contributed by atoms with E-state index in [0.29, 0.717) is 35.7 Å². The van der Waals surface area contributed by atoms with Crippen molar-refractivity contribution in [2.45, 2.75) is 13.3 Å². The number of Topliss-reactive ketones (excluding diaryl/α,β-unsaturated/α-hetero) is 1. The molecule has 30 heavy (non-hydrogen) atoms. The fourth-order valence-electron chi connectivity index (χ4n) is 4.41. The van der Waals surface area contributed by atoms with Gasteiger partial charge in [0.05, 0.1) is 37.2 Å². The largest absolute Gasteiger partial charge is 0.493 e. The van der Waals surface area contributed by atoms with Crippen molar-refractivity contribution in [2.24, 2.45) is 17.3 Å². The lowest BCUT2D eigenvalue weighted by atomic mass is 9.92. The second-order valence-corrected chi connectivity index (χ2v) is 7.83. The minimum atomic E-state index is -1.01. The Hall–Kier alpha value is -3.35. The van der Waals surface area contributed by atoms with Crippen LogP contribution in [0.2, 0.25) is 0 Å². The molecule has 2 aromatic carbocycles. The monoisotopic (exact) mass is 408 g/mol. The lowest BCUT2D eigenvalue weighted by Gasteiger charge is -2.13. The maximum absolute atomic E-state index is 13.1. The van der Waals surface area contributed by atoms with Gasteiger partial charge in [-0.3, -0.25) is 14.4 Å². The Morgan fingerprint density at radius 2 is 1.83 bits per heavy atom. The summed E-state index contributed by atoms with van der Waals surface area (Å²) in [5.41, 5.74) is 0.932. The first-order valence-corrected chi connectivity index (χ1v) is 9.85. The highest BCUT2D eigenvalue weighted by Crippen LogP contribution is 2.62. The lowest BCUT2D eigenvalue weighted by molar-refractivity contribution is -0.125. The van der Waals surface area contributed by atoms with E-state index in [0.717, 1.165) is 5.56 Å². The van der Waals surface area contributed by atoms with Gasteiger partial charge in [0, 0.05) is 12.1 Å². The Balaban J connectivity index is 1.43. The summed E-state index contributed by atoms with van der Waals surface area (Å²) in [4.78, 5) is 38.5. The van der Waals surface area contributed by atoms with E-state index in [2.05, 4.69) is 10.6 Å². The maximum Gasteiger partial charge on any atom is 0.229 e. The van der Waals surface area contributed by atoms with Crippen LogP contribution in [0.15, 0.2) is 42.5 Å². The number of hydrogen-bond acceptors (Lipinski definition) is 5. The number of carbonyl (C=O) groups is 3. The van der Waals surface area contributed by atoms with Crippen LogP contribution in [0.5, 0.6) is 11.5 Å². The number of anilines is 1. The van der Waals surface area contributed by atoms with E-state index in [1.165, 1.54) is 0 Å². The molecule has 0 saturated heterocycles. The molecule has 1 fully saturated rings. The normalized spacial score (nSPS) is 24.1. The Kier molecular flexibility index (Phi) is 4.97. The van der Waals surface area contributed by atoms with E-state index < -0.39 is 17.3 Å². The van der Waals surface area contributed by atoms with Gasteiger partial charge in [0.15, 0.2) is 17.3 Å². The van der Waals surface area contributed by atoms with Crippen molar-refractivity contribution < 1.29 is 23.9 Å². The minimum absolute atomic E-state index is 0.165. The van der Waals surface area contributed by atoms with Crippen LogP contribution in [0.25, 0.3) is 0 Å². The van der Waals surface area contributed by atoms with Gasteiger partial charge in [0.25, 0.3) is 0 Å².